The van der Waals surface area contributed by atoms with Gasteiger partial charge in [0.1, 0.15) is 0 Å². The number of hydrogen-bond donors (Lipinski definition) is 2. The molecule has 0 aliphatic carbocycles. The second kappa shape index (κ2) is 11.1. The zero-order chi connectivity index (χ0) is 20.5. The normalized spacial score (nSPS) is 12.9. The lowest BCUT2D eigenvalue weighted by atomic mass is 9.92. The Morgan fingerprint density at radius 3 is 2.32 bits per heavy atom. The van der Waals surface area contributed by atoms with Gasteiger partial charge < -0.3 is 15.2 Å². The van der Waals surface area contributed by atoms with Crippen LogP contribution < -0.4 is 5.32 Å². The van der Waals surface area contributed by atoms with Gasteiger partial charge in [-0.25, -0.2) is 0 Å². The van der Waals surface area contributed by atoms with E-state index < -0.39 is 18.0 Å². The highest BCUT2D eigenvalue weighted by Gasteiger charge is 2.29. The molecule has 150 valence electrons. The number of anilines is 1. The first-order valence-corrected chi connectivity index (χ1v) is 9.80. The van der Waals surface area contributed by atoms with Crippen LogP contribution in [0.1, 0.15) is 25.3 Å². The number of para-hydroxylation sites is 1. The van der Waals surface area contributed by atoms with Gasteiger partial charge in [-0.1, -0.05) is 59.6 Å². The van der Waals surface area contributed by atoms with Crippen molar-refractivity contribution in [3.63, 3.8) is 0 Å². The van der Waals surface area contributed by atoms with Crippen LogP contribution in [0.3, 0.4) is 0 Å². The number of benzene rings is 2. The van der Waals surface area contributed by atoms with E-state index in [0.717, 1.165) is 5.56 Å². The molecule has 2 N–H and O–H groups in total. The molecule has 0 heterocycles. The number of nitrogens with one attached hydrogen (secondary N) is 1. The molecule has 2 atom stereocenters. The SMILES string of the molecule is CCOC(=O)C(CCC(=O)Nc1c(Cl)cccc1Cl)C(O)Cc1ccccc1. The second-order valence-corrected chi connectivity index (χ2v) is 7.11. The summed E-state index contributed by atoms with van der Waals surface area (Å²) in [7, 11) is 0. The molecule has 5 nitrogen and oxygen atoms in total. The standard InChI is InChI=1S/C21H23Cl2NO4/c1-2-28-21(27)15(18(25)13-14-7-4-3-5-8-14)11-12-19(26)24-20-16(22)9-6-10-17(20)23/h3-10,15,18,25H,2,11-13H2,1H3,(H,24,26). The van der Waals surface area contributed by atoms with Gasteiger partial charge in [-0.3, -0.25) is 9.59 Å². The highest BCUT2D eigenvalue weighted by molar-refractivity contribution is 6.39. The van der Waals surface area contributed by atoms with E-state index in [1.807, 2.05) is 30.3 Å². The predicted octanol–water partition coefficient (Wildman–Crippen LogP) is 4.50. The number of ether oxygens (including phenoxy) is 1. The van der Waals surface area contributed by atoms with E-state index in [0.29, 0.717) is 22.2 Å². The molecule has 0 aromatic heterocycles. The molecule has 7 heteroatoms. The first-order chi connectivity index (χ1) is 13.4. The molecular formula is C21H23Cl2NO4. The smallest absolute Gasteiger partial charge is 0.311 e. The number of amides is 1. The van der Waals surface area contributed by atoms with Gasteiger partial charge in [0, 0.05) is 6.42 Å². The summed E-state index contributed by atoms with van der Waals surface area (Å²) in [5.41, 5.74) is 1.23. The molecule has 0 saturated carbocycles. The molecule has 0 aliphatic rings. The van der Waals surface area contributed by atoms with Crippen LogP contribution in [-0.4, -0.2) is 29.7 Å². The van der Waals surface area contributed by atoms with Gasteiger partial charge in [0.2, 0.25) is 5.91 Å². The fourth-order valence-electron chi connectivity index (χ4n) is 2.82. The van der Waals surface area contributed by atoms with Gasteiger partial charge in [0.25, 0.3) is 0 Å². The Balaban J connectivity index is 2.01. The zero-order valence-corrected chi connectivity index (χ0v) is 17.0. The number of esters is 1. The summed E-state index contributed by atoms with van der Waals surface area (Å²) in [5, 5.41) is 13.9. The van der Waals surface area contributed by atoms with Crippen molar-refractivity contribution in [3.05, 3.63) is 64.1 Å². The summed E-state index contributed by atoms with van der Waals surface area (Å²) in [6.45, 7) is 1.90. The first kappa shape index (κ1) is 22.2. The summed E-state index contributed by atoms with van der Waals surface area (Å²) in [6, 6.07) is 14.3. The van der Waals surface area contributed by atoms with Crippen LogP contribution in [0, 0.1) is 5.92 Å². The number of rotatable bonds is 9. The van der Waals surface area contributed by atoms with Crippen molar-refractivity contribution >= 4 is 40.8 Å². The molecule has 0 aliphatic heterocycles. The van der Waals surface area contributed by atoms with Crippen molar-refractivity contribution in [2.75, 3.05) is 11.9 Å². The van der Waals surface area contributed by atoms with E-state index in [-0.39, 0.29) is 25.4 Å². The third-order valence-electron chi connectivity index (χ3n) is 4.25. The number of carbonyl (C=O) groups is 2. The summed E-state index contributed by atoms with van der Waals surface area (Å²) in [6.07, 6.45) is -0.516. The molecule has 2 unspecified atom stereocenters. The zero-order valence-electron chi connectivity index (χ0n) is 15.5. The quantitative estimate of drug-likeness (QED) is 0.582. The summed E-state index contributed by atoms with van der Waals surface area (Å²) < 4.78 is 5.08. The molecule has 28 heavy (non-hydrogen) atoms. The summed E-state index contributed by atoms with van der Waals surface area (Å²) in [4.78, 5) is 24.6. The third kappa shape index (κ3) is 6.51. The van der Waals surface area contributed by atoms with Crippen LogP contribution in [0.25, 0.3) is 0 Å². The maximum absolute atomic E-state index is 12.3. The molecule has 2 aromatic rings. The van der Waals surface area contributed by atoms with E-state index >= 15 is 0 Å². The molecule has 0 saturated heterocycles. The minimum absolute atomic E-state index is 0.0108. The number of aliphatic hydroxyl groups excluding tert-OH is 1. The highest BCUT2D eigenvalue weighted by atomic mass is 35.5. The Labute approximate surface area is 174 Å². The van der Waals surface area contributed by atoms with E-state index in [9.17, 15) is 14.7 Å². The fourth-order valence-corrected chi connectivity index (χ4v) is 3.31. The largest absolute Gasteiger partial charge is 0.466 e. The molecule has 1 amide bonds. The van der Waals surface area contributed by atoms with Crippen LogP contribution in [0.4, 0.5) is 5.69 Å². The molecule has 2 aromatic carbocycles. The first-order valence-electron chi connectivity index (χ1n) is 9.04. The van der Waals surface area contributed by atoms with Crippen molar-refractivity contribution in [1.82, 2.24) is 0 Å². The minimum Gasteiger partial charge on any atom is -0.466 e. The Morgan fingerprint density at radius 1 is 1.07 bits per heavy atom. The molecule has 0 fully saturated rings. The van der Waals surface area contributed by atoms with Crippen molar-refractivity contribution in [2.24, 2.45) is 5.92 Å². The van der Waals surface area contributed by atoms with E-state index in [4.69, 9.17) is 27.9 Å². The van der Waals surface area contributed by atoms with Gasteiger partial charge >= 0.3 is 5.97 Å². The Hall–Kier alpha value is -2.08. The third-order valence-corrected chi connectivity index (χ3v) is 4.88. The Bertz CT molecular complexity index is 778. The summed E-state index contributed by atoms with van der Waals surface area (Å²) >= 11 is 12.1. The number of aliphatic hydroxyl groups is 1. The van der Waals surface area contributed by atoms with Gasteiger partial charge in [-0.05, 0) is 37.5 Å². The van der Waals surface area contributed by atoms with Crippen LogP contribution in [-0.2, 0) is 20.7 Å². The fraction of sp³-hybridized carbons (Fsp3) is 0.333. The van der Waals surface area contributed by atoms with Crippen LogP contribution >= 0.6 is 23.2 Å². The second-order valence-electron chi connectivity index (χ2n) is 6.30. The number of halogens is 2. The lowest BCUT2D eigenvalue weighted by Crippen LogP contribution is -2.32. The number of carbonyl (C=O) groups excluding carboxylic acids is 2. The lowest BCUT2D eigenvalue weighted by molar-refractivity contribution is -0.152. The molecule has 0 radical (unpaired) electrons. The number of hydrogen-bond acceptors (Lipinski definition) is 4. The topological polar surface area (TPSA) is 75.6 Å². The van der Waals surface area contributed by atoms with E-state index in [1.54, 1.807) is 25.1 Å². The maximum Gasteiger partial charge on any atom is 0.311 e. The lowest BCUT2D eigenvalue weighted by Gasteiger charge is -2.21. The molecule has 2 rings (SSSR count). The Kier molecular flexibility index (Phi) is 8.77. The van der Waals surface area contributed by atoms with Crippen LogP contribution in [0.15, 0.2) is 48.5 Å². The average molecular weight is 424 g/mol. The average Bonchev–Trinajstić information content (AvgIpc) is 2.66. The highest BCUT2D eigenvalue weighted by Crippen LogP contribution is 2.30. The van der Waals surface area contributed by atoms with Gasteiger partial charge in [0.05, 0.1) is 34.4 Å². The Morgan fingerprint density at radius 2 is 1.71 bits per heavy atom. The molecule has 0 bridgehead atoms. The van der Waals surface area contributed by atoms with Crippen molar-refractivity contribution in [3.8, 4) is 0 Å². The molecular weight excluding hydrogens is 401 g/mol. The maximum atomic E-state index is 12.3. The van der Waals surface area contributed by atoms with Gasteiger partial charge in [-0.15, -0.1) is 0 Å². The van der Waals surface area contributed by atoms with Gasteiger partial charge in [-0.2, -0.15) is 0 Å². The molecule has 0 spiro atoms. The van der Waals surface area contributed by atoms with Crippen molar-refractivity contribution < 1.29 is 19.4 Å². The van der Waals surface area contributed by atoms with Crippen molar-refractivity contribution in [1.29, 1.82) is 0 Å². The van der Waals surface area contributed by atoms with Gasteiger partial charge in [0.15, 0.2) is 0 Å². The monoisotopic (exact) mass is 423 g/mol. The minimum atomic E-state index is -0.960. The van der Waals surface area contributed by atoms with Crippen LogP contribution in [0.2, 0.25) is 10.0 Å². The van der Waals surface area contributed by atoms with Crippen LogP contribution in [0.5, 0.6) is 0 Å². The van der Waals surface area contributed by atoms with E-state index in [2.05, 4.69) is 5.32 Å². The van der Waals surface area contributed by atoms with E-state index in [1.165, 1.54) is 0 Å². The summed E-state index contributed by atoms with van der Waals surface area (Å²) in [5.74, 6) is -1.68. The predicted molar refractivity (Wildman–Crippen MR) is 111 cm³/mol. The van der Waals surface area contributed by atoms with Crippen molar-refractivity contribution in [2.45, 2.75) is 32.3 Å².